The lowest BCUT2D eigenvalue weighted by Crippen LogP contribution is -2.57. The lowest BCUT2D eigenvalue weighted by Gasteiger charge is -2.38. The van der Waals surface area contributed by atoms with Crippen LogP contribution < -0.4 is 11.3 Å². The molecular weight excluding hydrogens is 220 g/mol. The minimum Gasteiger partial charge on any atom is -0.383 e. The summed E-state index contributed by atoms with van der Waals surface area (Å²) in [6.07, 6.45) is 2.68. The van der Waals surface area contributed by atoms with Gasteiger partial charge in [0.05, 0.1) is 6.61 Å². The largest absolute Gasteiger partial charge is 0.383 e. The lowest BCUT2D eigenvalue weighted by atomic mass is 10.2. The summed E-state index contributed by atoms with van der Waals surface area (Å²) in [4.78, 5) is 16.3. The molecule has 1 saturated heterocycles. The topological polar surface area (TPSA) is 70.8 Å². The molecule has 1 aliphatic carbocycles. The van der Waals surface area contributed by atoms with Gasteiger partial charge in [0, 0.05) is 39.3 Å². The molecule has 2 aliphatic rings. The van der Waals surface area contributed by atoms with Gasteiger partial charge in [-0.25, -0.2) is 5.84 Å². The summed E-state index contributed by atoms with van der Waals surface area (Å²) in [6, 6.07) is 0.549. The van der Waals surface area contributed by atoms with Gasteiger partial charge in [0.1, 0.15) is 6.04 Å². The van der Waals surface area contributed by atoms with Crippen LogP contribution >= 0.6 is 0 Å². The number of ether oxygens (including phenoxy) is 1. The highest BCUT2D eigenvalue weighted by atomic mass is 16.5. The zero-order valence-electron chi connectivity index (χ0n) is 10.4. The van der Waals surface area contributed by atoms with Crippen LogP contribution in [0.2, 0.25) is 0 Å². The fourth-order valence-electron chi connectivity index (χ4n) is 2.45. The predicted molar refractivity (Wildman–Crippen MR) is 64.2 cm³/mol. The third kappa shape index (κ3) is 3.16. The van der Waals surface area contributed by atoms with Crippen molar-refractivity contribution in [2.24, 2.45) is 5.84 Å². The third-order valence-corrected chi connectivity index (χ3v) is 3.62. The minimum absolute atomic E-state index is 0.160. The molecule has 2 rings (SSSR count). The number of hydrazine groups is 1. The monoisotopic (exact) mass is 242 g/mol. The predicted octanol–water partition coefficient (Wildman–Crippen LogP) is -1.23. The fourth-order valence-corrected chi connectivity index (χ4v) is 2.45. The van der Waals surface area contributed by atoms with Crippen LogP contribution in [0.1, 0.15) is 12.8 Å². The van der Waals surface area contributed by atoms with Crippen molar-refractivity contribution in [2.75, 3.05) is 39.9 Å². The molecule has 0 aromatic heterocycles. The molecule has 0 spiro atoms. The lowest BCUT2D eigenvalue weighted by molar-refractivity contribution is -0.129. The van der Waals surface area contributed by atoms with Crippen LogP contribution in [0.3, 0.4) is 0 Å². The van der Waals surface area contributed by atoms with E-state index in [0.29, 0.717) is 6.61 Å². The average Bonchev–Trinajstić information content (AvgIpc) is 3.20. The van der Waals surface area contributed by atoms with Crippen LogP contribution in [0, 0.1) is 0 Å². The Morgan fingerprint density at radius 1 is 1.41 bits per heavy atom. The Labute approximate surface area is 102 Å². The maximum absolute atomic E-state index is 11.7. The van der Waals surface area contributed by atoms with Crippen molar-refractivity contribution >= 4 is 5.91 Å². The maximum Gasteiger partial charge on any atom is 0.253 e. The van der Waals surface area contributed by atoms with E-state index >= 15 is 0 Å². The number of nitrogens with one attached hydrogen (secondary N) is 1. The SMILES string of the molecule is COCC(C(=O)NN)N1CCN(C2CC2)CC1. The summed E-state index contributed by atoms with van der Waals surface area (Å²) in [7, 11) is 1.61. The summed E-state index contributed by atoms with van der Waals surface area (Å²) in [5.74, 6) is 5.04. The standard InChI is InChI=1S/C11H22N4O2/c1-17-8-10(11(16)13-12)15-6-4-14(5-7-15)9-2-3-9/h9-10H,2-8,12H2,1H3,(H,13,16). The number of methoxy groups -OCH3 is 1. The Bertz CT molecular complexity index is 262. The molecule has 1 heterocycles. The van der Waals surface area contributed by atoms with Crippen molar-refractivity contribution in [3.63, 3.8) is 0 Å². The number of rotatable bonds is 5. The smallest absolute Gasteiger partial charge is 0.253 e. The zero-order valence-corrected chi connectivity index (χ0v) is 10.4. The number of hydrogen-bond acceptors (Lipinski definition) is 5. The molecule has 2 fully saturated rings. The van der Waals surface area contributed by atoms with Gasteiger partial charge in [0.2, 0.25) is 0 Å². The van der Waals surface area contributed by atoms with E-state index in [1.165, 1.54) is 12.8 Å². The average molecular weight is 242 g/mol. The van der Waals surface area contributed by atoms with Gasteiger partial charge in [-0.15, -0.1) is 0 Å². The second-order valence-electron chi connectivity index (χ2n) is 4.78. The summed E-state index contributed by atoms with van der Waals surface area (Å²) in [6.45, 7) is 4.31. The minimum atomic E-state index is -0.258. The van der Waals surface area contributed by atoms with Gasteiger partial charge in [0.25, 0.3) is 5.91 Å². The normalized spacial score (nSPS) is 24.6. The van der Waals surface area contributed by atoms with Crippen molar-refractivity contribution in [2.45, 2.75) is 24.9 Å². The van der Waals surface area contributed by atoms with Gasteiger partial charge in [-0.05, 0) is 12.8 Å². The molecular formula is C11H22N4O2. The number of carbonyl (C=O) groups excluding carboxylic acids is 1. The Hall–Kier alpha value is -0.690. The highest BCUT2D eigenvalue weighted by Gasteiger charge is 2.34. The first-order valence-electron chi connectivity index (χ1n) is 6.23. The van der Waals surface area contributed by atoms with E-state index in [-0.39, 0.29) is 11.9 Å². The van der Waals surface area contributed by atoms with Crippen LogP contribution in [-0.4, -0.2) is 67.7 Å². The van der Waals surface area contributed by atoms with E-state index < -0.39 is 0 Å². The van der Waals surface area contributed by atoms with Gasteiger partial charge in [-0.1, -0.05) is 0 Å². The van der Waals surface area contributed by atoms with Crippen LogP contribution in [0.4, 0.5) is 0 Å². The number of hydrogen-bond donors (Lipinski definition) is 2. The van der Waals surface area contributed by atoms with Crippen molar-refractivity contribution in [3.05, 3.63) is 0 Å². The van der Waals surface area contributed by atoms with E-state index in [0.717, 1.165) is 32.2 Å². The Kier molecular flexibility index (Phi) is 4.33. The molecule has 1 amide bonds. The highest BCUT2D eigenvalue weighted by molar-refractivity contribution is 5.81. The Morgan fingerprint density at radius 2 is 2.06 bits per heavy atom. The summed E-state index contributed by atoms with van der Waals surface area (Å²) in [5.41, 5.74) is 2.22. The number of nitrogens with zero attached hydrogens (tertiary/aromatic N) is 2. The van der Waals surface area contributed by atoms with Crippen molar-refractivity contribution in [1.29, 1.82) is 0 Å². The van der Waals surface area contributed by atoms with E-state index in [2.05, 4.69) is 15.2 Å². The molecule has 0 aromatic carbocycles. The van der Waals surface area contributed by atoms with Gasteiger partial charge in [-0.3, -0.25) is 20.0 Å². The van der Waals surface area contributed by atoms with Crippen molar-refractivity contribution in [3.8, 4) is 0 Å². The molecule has 98 valence electrons. The maximum atomic E-state index is 11.7. The second-order valence-corrected chi connectivity index (χ2v) is 4.78. The van der Waals surface area contributed by atoms with Gasteiger partial charge in [-0.2, -0.15) is 0 Å². The molecule has 0 radical (unpaired) electrons. The molecule has 3 N–H and O–H groups in total. The van der Waals surface area contributed by atoms with Gasteiger partial charge >= 0.3 is 0 Å². The molecule has 1 atom stereocenters. The quantitative estimate of drug-likeness (QED) is 0.359. The van der Waals surface area contributed by atoms with E-state index in [4.69, 9.17) is 10.6 Å². The Morgan fingerprint density at radius 3 is 2.53 bits per heavy atom. The molecule has 1 aliphatic heterocycles. The van der Waals surface area contributed by atoms with E-state index in [9.17, 15) is 4.79 Å². The van der Waals surface area contributed by atoms with Gasteiger partial charge < -0.3 is 4.74 Å². The fraction of sp³-hybridized carbons (Fsp3) is 0.909. The first-order chi connectivity index (χ1) is 8.26. The zero-order chi connectivity index (χ0) is 12.3. The molecule has 17 heavy (non-hydrogen) atoms. The van der Waals surface area contributed by atoms with Crippen molar-refractivity contribution in [1.82, 2.24) is 15.2 Å². The third-order valence-electron chi connectivity index (χ3n) is 3.62. The highest BCUT2D eigenvalue weighted by Crippen LogP contribution is 2.27. The number of nitrogens with two attached hydrogens (primary N) is 1. The van der Waals surface area contributed by atoms with Crippen LogP contribution in [0.5, 0.6) is 0 Å². The summed E-state index contributed by atoms with van der Waals surface area (Å²) in [5, 5.41) is 0. The van der Waals surface area contributed by atoms with Crippen molar-refractivity contribution < 1.29 is 9.53 Å². The molecule has 6 nitrogen and oxygen atoms in total. The number of carbonyl (C=O) groups is 1. The van der Waals surface area contributed by atoms with E-state index in [1.807, 2.05) is 0 Å². The number of piperazine rings is 1. The molecule has 1 saturated carbocycles. The van der Waals surface area contributed by atoms with E-state index in [1.54, 1.807) is 7.11 Å². The van der Waals surface area contributed by atoms with Crippen LogP contribution in [-0.2, 0) is 9.53 Å². The van der Waals surface area contributed by atoms with Crippen LogP contribution in [0.25, 0.3) is 0 Å². The summed E-state index contributed by atoms with van der Waals surface area (Å²) >= 11 is 0. The van der Waals surface area contributed by atoms with Crippen LogP contribution in [0.15, 0.2) is 0 Å². The molecule has 6 heteroatoms. The Balaban J connectivity index is 1.85. The first-order valence-corrected chi connectivity index (χ1v) is 6.23. The van der Waals surface area contributed by atoms with Gasteiger partial charge in [0.15, 0.2) is 0 Å². The molecule has 0 bridgehead atoms. The number of amides is 1. The molecule has 0 aromatic rings. The molecule has 1 unspecified atom stereocenters. The second kappa shape index (κ2) is 5.77. The summed E-state index contributed by atoms with van der Waals surface area (Å²) < 4.78 is 5.10. The first kappa shape index (κ1) is 12.8.